The van der Waals surface area contributed by atoms with Crippen molar-refractivity contribution in [3.8, 4) is 5.75 Å². The summed E-state index contributed by atoms with van der Waals surface area (Å²) in [6.45, 7) is 0.406. The lowest BCUT2D eigenvalue weighted by Gasteiger charge is -2.11. The van der Waals surface area contributed by atoms with E-state index in [4.69, 9.17) is 34.8 Å². The zero-order chi connectivity index (χ0) is 15.4. The molecule has 0 aliphatic carbocycles. The lowest BCUT2D eigenvalue weighted by Crippen LogP contribution is -2.26. The van der Waals surface area contributed by atoms with Crippen molar-refractivity contribution in [3.05, 3.63) is 62.6 Å². The van der Waals surface area contributed by atoms with Crippen LogP contribution in [0.3, 0.4) is 0 Å². The van der Waals surface area contributed by atoms with Crippen LogP contribution < -0.4 is 5.32 Å². The van der Waals surface area contributed by atoms with Crippen LogP contribution >= 0.6 is 34.8 Å². The monoisotopic (exact) mass is 343 g/mol. The Labute approximate surface area is 137 Å². The molecule has 0 heterocycles. The van der Waals surface area contributed by atoms with E-state index in [1.54, 1.807) is 0 Å². The molecule has 0 unspecified atom stereocenters. The molecule has 1 amide bonds. The largest absolute Gasteiger partial charge is 0.505 e. The smallest absolute Gasteiger partial charge is 0.256 e. The molecule has 0 radical (unpaired) electrons. The summed E-state index contributed by atoms with van der Waals surface area (Å²) in [6, 6.07) is 11.0. The van der Waals surface area contributed by atoms with Crippen LogP contribution in [0.5, 0.6) is 5.75 Å². The predicted molar refractivity (Wildman–Crippen MR) is 85.6 cm³/mol. The summed E-state index contributed by atoms with van der Waals surface area (Å²) in [4.78, 5) is 12.1. The first-order valence-corrected chi connectivity index (χ1v) is 7.32. The second kappa shape index (κ2) is 7.03. The van der Waals surface area contributed by atoms with Gasteiger partial charge < -0.3 is 10.4 Å². The van der Waals surface area contributed by atoms with Crippen molar-refractivity contribution >= 4 is 40.7 Å². The average Bonchev–Trinajstić information content (AvgIpc) is 2.46. The molecule has 0 fully saturated rings. The van der Waals surface area contributed by atoms with Crippen molar-refractivity contribution in [1.82, 2.24) is 5.32 Å². The van der Waals surface area contributed by atoms with Crippen molar-refractivity contribution in [2.45, 2.75) is 6.42 Å². The summed E-state index contributed by atoms with van der Waals surface area (Å²) in [5.74, 6) is -0.888. The molecule has 110 valence electrons. The molecular weight excluding hydrogens is 333 g/mol. The molecule has 21 heavy (non-hydrogen) atoms. The van der Waals surface area contributed by atoms with E-state index in [1.807, 2.05) is 30.3 Å². The number of hydrogen-bond donors (Lipinski definition) is 2. The van der Waals surface area contributed by atoms with Crippen LogP contribution in [-0.4, -0.2) is 17.6 Å². The quantitative estimate of drug-likeness (QED) is 0.811. The first-order valence-electron chi connectivity index (χ1n) is 6.19. The van der Waals surface area contributed by atoms with Crippen LogP contribution in [0.25, 0.3) is 0 Å². The van der Waals surface area contributed by atoms with Gasteiger partial charge in [0.1, 0.15) is 11.3 Å². The Hall–Kier alpha value is -1.42. The maximum Gasteiger partial charge on any atom is 0.256 e. The topological polar surface area (TPSA) is 49.3 Å². The number of carbonyl (C=O) groups excluding carboxylic acids is 1. The van der Waals surface area contributed by atoms with E-state index >= 15 is 0 Å². The van der Waals surface area contributed by atoms with Crippen molar-refractivity contribution in [2.24, 2.45) is 0 Å². The Bertz CT molecular complexity index is 633. The Kier molecular flexibility index (Phi) is 5.34. The van der Waals surface area contributed by atoms with Crippen molar-refractivity contribution < 1.29 is 9.90 Å². The molecule has 0 aromatic heterocycles. The highest BCUT2D eigenvalue weighted by molar-refractivity contribution is 6.45. The minimum Gasteiger partial charge on any atom is -0.505 e. The summed E-state index contributed by atoms with van der Waals surface area (Å²) < 4.78 is 0. The summed E-state index contributed by atoms with van der Waals surface area (Å²) >= 11 is 17.6. The number of phenolic OH excluding ortho intramolecular Hbond substituents is 1. The molecule has 0 saturated carbocycles. The van der Waals surface area contributed by atoms with E-state index in [0.29, 0.717) is 13.0 Å². The average molecular weight is 345 g/mol. The van der Waals surface area contributed by atoms with E-state index in [2.05, 4.69) is 5.32 Å². The minimum absolute atomic E-state index is 0.0161. The number of hydrogen-bond acceptors (Lipinski definition) is 2. The van der Waals surface area contributed by atoms with Gasteiger partial charge in [0.2, 0.25) is 0 Å². The van der Waals surface area contributed by atoms with E-state index in [1.165, 1.54) is 6.07 Å². The molecule has 0 bridgehead atoms. The van der Waals surface area contributed by atoms with E-state index < -0.39 is 5.91 Å². The number of rotatable bonds is 4. The number of aromatic hydroxyl groups is 1. The van der Waals surface area contributed by atoms with Gasteiger partial charge in [-0.25, -0.2) is 0 Å². The van der Waals surface area contributed by atoms with Crippen molar-refractivity contribution in [2.75, 3.05) is 6.54 Å². The van der Waals surface area contributed by atoms with Gasteiger partial charge >= 0.3 is 0 Å². The van der Waals surface area contributed by atoms with Gasteiger partial charge in [-0.3, -0.25) is 4.79 Å². The van der Waals surface area contributed by atoms with Crippen LogP contribution in [-0.2, 0) is 6.42 Å². The molecule has 2 aromatic carbocycles. The van der Waals surface area contributed by atoms with Gasteiger partial charge in [0.05, 0.1) is 15.1 Å². The van der Waals surface area contributed by atoms with Gasteiger partial charge in [0.15, 0.2) is 0 Å². The highest BCUT2D eigenvalue weighted by Gasteiger charge is 2.20. The molecule has 6 heteroatoms. The Morgan fingerprint density at radius 2 is 1.76 bits per heavy atom. The van der Waals surface area contributed by atoms with E-state index in [0.717, 1.165) is 5.56 Å². The van der Waals surface area contributed by atoms with Crippen LogP contribution in [0.1, 0.15) is 15.9 Å². The third-order valence-electron chi connectivity index (χ3n) is 2.91. The number of benzene rings is 2. The predicted octanol–water partition coefficient (Wildman–Crippen LogP) is 4.32. The van der Waals surface area contributed by atoms with Gasteiger partial charge in [-0.05, 0) is 18.1 Å². The molecule has 0 atom stereocenters. The summed E-state index contributed by atoms with van der Waals surface area (Å²) in [6.07, 6.45) is 0.666. The van der Waals surface area contributed by atoms with E-state index in [-0.39, 0.29) is 26.4 Å². The fourth-order valence-electron chi connectivity index (χ4n) is 1.85. The number of phenols is 1. The number of carbonyl (C=O) groups is 1. The zero-order valence-corrected chi connectivity index (χ0v) is 13.1. The van der Waals surface area contributed by atoms with Gasteiger partial charge in [-0.1, -0.05) is 65.1 Å². The maximum atomic E-state index is 12.1. The van der Waals surface area contributed by atoms with Crippen molar-refractivity contribution in [3.63, 3.8) is 0 Å². The molecule has 0 spiro atoms. The third kappa shape index (κ3) is 3.82. The third-order valence-corrected chi connectivity index (χ3v) is 3.99. The Balaban J connectivity index is 2.07. The molecule has 0 aliphatic rings. The number of amides is 1. The lowest BCUT2D eigenvalue weighted by molar-refractivity contribution is 0.0951. The minimum atomic E-state index is -0.516. The van der Waals surface area contributed by atoms with Crippen LogP contribution in [0.2, 0.25) is 15.1 Å². The molecule has 2 aromatic rings. The fourth-order valence-corrected chi connectivity index (χ4v) is 2.54. The second-order valence-electron chi connectivity index (χ2n) is 4.37. The highest BCUT2D eigenvalue weighted by atomic mass is 35.5. The molecule has 2 N–H and O–H groups in total. The lowest BCUT2D eigenvalue weighted by atomic mass is 10.1. The standard InChI is InChI=1S/C15H12Cl3NO2/c16-10-8-11(17)14(20)12(13(10)18)15(21)19-7-6-9-4-2-1-3-5-9/h1-5,8,20H,6-7H2,(H,19,21). The van der Waals surface area contributed by atoms with Gasteiger partial charge in [-0.15, -0.1) is 0 Å². The van der Waals surface area contributed by atoms with Gasteiger partial charge in [0.25, 0.3) is 5.91 Å². The number of nitrogens with one attached hydrogen (secondary N) is 1. The Morgan fingerprint density at radius 3 is 2.43 bits per heavy atom. The van der Waals surface area contributed by atoms with Crippen LogP contribution in [0.4, 0.5) is 0 Å². The first-order chi connectivity index (χ1) is 10.0. The number of halogens is 3. The van der Waals surface area contributed by atoms with Crippen LogP contribution in [0, 0.1) is 0 Å². The zero-order valence-electron chi connectivity index (χ0n) is 10.9. The molecule has 0 aliphatic heterocycles. The second-order valence-corrected chi connectivity index (χ2v) is 5.56. The summed E-state index contributed by atoms with van der Waals surface area (Å²) in [5.41, 5.74) is 0.986. The normalized spacial score (nSPS) is 10.4. The van der Waals surface area contributed by atoms with Crippen molar-refractivity contribution in [1.29, 1.82) is 0 Å². The Morgan fingerprint density at radius 1 is 1.10 bits per heavy atom. The van der Waals surface area contributed by atoms with Crippen LogP contribution in [0.15, 0.2) is 36.4 Å². The maximum absolute atomic E-state index is 12.1. The van der Waals surface area contributed by atoms with Gasteiger partial charge in [-0.2, -0.15) is 0 Å². The highest BCUT2D eigenvalue weighted by Crippen LogP contribution is 2.38. The van der Waals surface area contributed by atoms with Gasteiger partial charge in [0, 0.05) is 6.54 Å². The molecule has 2 rings (SSSR count). The molecular formula is C15H12Cl3NO2. The summed E-state index contributed by atoms with van der Waals surface area (Å²) in [7, 11) is 0. The van der Waals surface area contributed by atoms with E-state index in [9.17, 15) is 9.90 Å². The summed E-state index contributed by atoms with van der Waals surface area (Å²) in [5, 5.41) is 12.6. The fraction of sp³-hybridized carbons (Fsp3) is 0.133. The first kappa shape index (κ1) is 16.0. The SMILES string of the molecule is O=C(NCCc1ccccc1)c1c(O)c(Cl)cc(Cl)c1Cl. The molecule has 3 nitrogen and oxygen atoms in total. The molecule has 0 saturated heterocycles.